The smallest absolute Gasteiger partial charge is 0.463 e. The molecule has 0 fully saturated rings. The molecule has 5 atom stereocenters. The Morgan fingerprint density at radius 2 is 0.413 bits per heavy atom. The van der Waals surface area contributed by atoms with Gasteiger partial charge in [-0.2, -0.15) is 0 Å². The molecule has 0 aromatic heterocycles. The molecule has 0 saturated heterocycles. The summed E-state index contributed by atoms with van der Waals surface area (Å²) in [7, 11) is -9.83. The minimum absolute atomic E-state index is 0.0847. The highest BCUT2D eigenvalue weighted by molar-refractivity contribution is 7.47. The zero-order valence-electron chi connectivity index (χ0n) is 75.9. The molecule has 0 saturated carbocycles. The molecule has 0 rings (SSSR count). The summed E-state index contributed by atoms with van der Waals surface area (Å²) in [4.78, 5) is 59.1. The van der Waals surface area contributed by atoms with Crippen LogP contribution in [-0.4, -0.2) is 95.9 Å². The molecule has 688 valence electrons. The molecule has 0 aliphatic carbocycles. The molecule has 0 aliphatic rings. The van der Waals surface area contributed by atoms with Crippen LogP contribution in [0.4, 0.5) is 0 Å². The Bertz CT molecular complexity index is 3030. The van der Waals surface area contributed by atoms with Gasteiger partial charge in [0.05, 0.1) is 26.4 Å². The van der Waals surface area contributed by atoms with Crippen LogP contribution in [-0.2, 0) is 55.8 Å². The van der Waals surface area contributed by atoms with Gasteiger partial charge in [0.2, 0.25) is 0 Å². The van der Waals surface area contributed by atoms with Crippen molar-refractivity contribution in [3.05, 3.63) is 207 Å². The number of unbranched alkanes of at least 4 members (excludes halogenated alkanes) is 31. The molecule has 0 aromatic carbocycles. The van der Waals surface area contributed by atoms with E-state index < -0.39 is 91.5 Å². The van der Waals surface area contributed by atoms with Gasteiger partial charge in [-0.1, -0.05) is 388 Å². The average molecular weight is 1730 g/mol. The topological polar surface area (TPSA) is 231 Å². The molecule has 5 unspecified atom stereocenters. The Labute approximate surface area is 737 Å². The van der Waals surface area contributed by atoms with E-state index in [4.69, 9.17) is 32.3 Å². The predicted molar refractivity (Wildman–Crippen MR) is 509 cm³/mol. The molecule has 0 radical (unpaired) electrons. The molecule has 0 spiro atoms. The van der Waals surface area contributed by atoms with Gasteiger partial charge in [0.25, 0.3) is 0 Å². The number of esters is 3. The Morgan fingerprint density at radius 3 is 0.653 bits per heavy atom. The molecular weight excluding hydrogens is 1560 g/mol. The summed E-state index contributed by atoms with van der Waals surface area (Å²) in [6.07, 6.45) is 126. The number of phosphoric ester groups is 2. The molecule has 4 N–H and O–H groups in total. The lowest BCUT2D eigenvalue weighted by atomic mass is 10.0. The van der Waals surface area contributed by atoms with Crippen molar-refractivity contribution in [2.45, 2.75) is 386 Å². The lowest BCUT2D eigenvalue weighted by molar-refractivity contribution is -0.161. The van der Waals surface area contributed by atoms with Crippen LogP contribution < -0.4 is 0 Å². The molecule has 0 heterocycles. The normalized spacial score (nSPS) is 14.7. The molecule has 16 nitrogen and oxygen atoms in total. The van der Waals surface area contributed by atoms with Crippen LogP contribution in [0.1, 0.15) is 367 Å². The number of ether oxygens (including phenoxy) is 3. The predicted octanol–water partition coefficient (Wildman–Crippen LogP) is 29.6. The standard InChI is InChI=1S/C103H170O16P2/c1-4-7-10-13-16-19-22-25-28-31-34-37-40-42-44-46-48-50-52-54-57-59-62-65-68-71-74-77-80-83-86-89-101(106)113-92-98(104)93-115-120(109,110)116-94-99(105)95-117-121(111,112)118-97-100(119-103(108)91-88-85-82-79-76-73-70-67-64-61-56-39-36-33-30-27-24-21-18-15-12-9-6-3)96-114-102(107)90-87-84-81-78-75-72-69-66-63-60-58-55-53-51-49-47-45-43-41-38-35-32-29-26-23-20-17-14-11-8-5-2/h7-12,16-21,25-30,34-39,42-45,48-51,61,64,98-100,104-105H,4-6,13-15,22-24,31-33,40-41,46-47,52-60,62-63,65-97H2,1-3H3,(H,109,110)(H,111,112)/b10-7-,11-8-,12-9-,19-16-,20-17-,21-18-,28-25-,29-26-,30-27-,37-34-,38-35-,39-36-,44-42-,45-43-,50-48-,51-49-,64-61-. The number of aliphatic hydroxyl groups excluding tert-OH is 2. The second-order valence-electron chi connectivity index (χ2n) is 31.0. The number of phosphoric acid groups is 2. The van der Waals surface area contributed by atoms with E-state index in [1.54, 1.807) is 0 Å². The van der Waals surface area contributed by atoms with E-state index in [0.717, 1.165) is 212 Å². The van der Waals surface area contributed by atoms with Crippen molar-refractivity contribution < 1.29 is 75.8 Å². The lowest BCUT2D eigenvalue weighted by Crippen LogP contribution is -2.30. The van der Waals surface area contributed by atoms with Gasteiger partial charge in [0, 0.05) is 19.3 Å². The van der Waals surface area contributed by atoms with E-state index in [9.17, 15) is 43.5 Å². The third kappa shape index (κ3) is 94.6. The molecule has 121 heavy (non-hydrogen) atoms. The number of carbonyl (C=O) groups is 3. The van der Waals surface area contributed by atoms with E-state index in [1.165, 1.54) is 96.3 Å². The van der Waals surface area contributed by atoms with E-state index in [1.807, 2.05) is 0 Å². The van der Waals surface area contributed by atoms with Gasteiger partial charge in [-0.05, 0) is 167 Å². The Morgan fingerprint density at radius 1 is 0.231 bits per heavy atom. The van der Waals surface area contributed by atoms with Crippen LogP contribution in [0.5, 0.6) is 0 Å². The molecule has 0 amide bonds. The Kier molecular flexibility index (Phi) is 88.8. The van der Waals surface area contributed by atoms with Crippen molar-refractivity contribution in [1.82, 2.24) is 0 Å². The van der Waals surface area contributed by atoms with Gasteiger partial charge >= 0.3 is 33.6 Å². The average Bonchev–Trinajstić information content (AvgIpc) is 0.884. The zero-order valence-corrected chi connectivity index (χ0v) is 77.7. The van der Waals surface area contributed by atoms with E-state index in [2.05, 4.69) is 227 Å². The van der Waals surface area contributed by atoms with Gasteiger partial charge < -0.3 is 34.2 Å². The first-order chi connectivity index (χ1) is 59.2. The van der Waals surface area contributed by atoms with Gasteiger partial charge in [-0.3, -0.25) is 32.5 Å². The lowest BCUT2D eigenvalue weighted by Gasteiger charge is -2.21. The Balaban J connectivity index is 4.65. The minimum Gasteiger partial charge on any atom is -0.463 e. The zero-order chi connectivity index (χ0) is 87.9. The fourth-order valence-corrected chi connectivity index (χ4v) is 14.0. The van der Waals surface area contributed by atoms with Crippen LogP contribution in [0.3, 0.4) is 0 Å². The number of aliphatic hydroxyl groups is 2. The highest BCUT2D eigenvalue weighted by atomic mass is 31.2. The van der Waals surface area contributed by atoms with Crippen LogP contribution in [0.25, 0.3) is 0 Å². The van der Waals surface area contributed by atoms with Crippen LogP contribution in [0, 0.1) is 0 Å². The van der Waals surface area contributed by atoms with Crippen molar-refractivity contribution in [1.29, 1.82) is 0 Å². The van der Waals surface area contributed by atoms with Gasteiger partial charge in [0.1, 0.15) is 25.4 Å². The van der Waals surface area contributed by atoms with E-state index in [-0.39, 0.29) is 19.3 Å². The van der Waals surface area contributed by atoms with Gasteiger partial charge in [0.15, 0.2) is 6.10 Å². The highest BCUT2D eigenvalue weighted by Crippen LogP contribution is 2.45. The second kappa shape index (κ2) is 93.3. The largest absolute Gasteiger partial charge is 0.472 e. The van der Waals surface area contributed by atoms with Crippen LogP contribution in [0.15, 0.2) is 207 Å². The van der Waals surface area contributed by atoms with Crippen molar-refractivity contribution in [3.63, 3.8) is 0 Å². The molecule has 18 heteroatoms. The fourth-order valence-electron chi connectivity index (χ4n) is 12.4. The fraction of sp³-hybridized carbons (Fsp3) is 0.641. The third-order valence-electron chi connectivity index (χ3n) is 19.5. The maximum atomic E-state index is 13.1. The second-order valence-corrected chi connectivity index (χ2v) is 33.9. The number of allylic oxidation sites excluding steroid dienone is 34. The third-order valence-corrected chi connectivity index (χ3v) is 21.4. The first-order valence-electron chi connectivity index (χ1n) is 47.4. The van der Waals surface area contributed by atoms with Crippen molar-refractivity contribution in [2.75, 3.05) is 39.6 Å². The summed E-state index contributed by atoms with van der Waals surface area (Å²) < 4.78 is 61.5. The summed E-state index contributed by atoms with van der Waals surface area (Å²) >= 11 is 0. The maximum absolute atomic E-state index is 13.1. The maximum Gasteiger partial charge on any atom is 0.472 e. The summed E-state index contributed by atoms with van der Waals surface area (Å²) in [5.41, 5.74) is 0. The first kappa shape index (κ1) is 115. The number of rotatable bonds is 88. The SMILES string of the molecule is CC/C=C\C/C=C\C/C=C\C/C=C\C/C=C\C/C=C\CCCCCCCCCCCCCCC(=O)OCC(O)COP(=O)(O)OCC(O)COP(=O)(O)OCC(COC(=O)CCCCCCCCCCCCCC/C=C\C/C=C\C/C=C\C/C=C\C/C=C\C/C=C\CC)OC(=O)CCCCCCCCC/C=C\C/C=C\C/C=C\C/C=C\C/C=C\CC. The number of hydrogen-bond donors (Lipinski definition) is 4. The van der Waals surface area contributed by atoms with Gasteiger partial charge in [-0.25, -0.2) is 9.13 Å². The summed E-state index contributed by atoms with van der Waals surface area (Å²) in [5, 5.41) is 20.8. The first-order valence-corrected chi connectivity index (χ1v) is 50.4. The molecular formula is C103H170O16P2. The quantitative estimate of drug-likeness (QED) is 0.0146. The Hall–Kier alpha value is -5.87. The van der Waals surface area contributed by atoms with Crippen LogP contribution in [0.2, 0.25) is 0 Å². The number of carbonyl (C=O) groups excluding carboxylic acids is 3. The van der Waals surface area contributed by atoms with Crippen molar-refractivity contribution in [3.8, 4) is 0 Å². The minimum atomic E-state index is -4.95. The summed E-state index contributed by atoms with van der Waals surface area (Å²) in [6.45, 7) is 2.35. The van der Waals surface area contributed by atoms with Crippen molar-refractivity contribution in [2.24, 2.45) is 0 Å². The molecule has 0 aliphatic heterocycles. The summed E-state index contributed by atoms with van der Waals surface area (Å²) in [6, 6.07) is 0. The van der Waals surface area contributed by atoms with Crippen LogP contribution >= 0.6 is 15.6 Å². The highest BCUT2D eigenvalue weighted by Gasteiger charge is 2.29. The van der Waals surface area contributed by atoms with Crippen molar-refractivity contribution >= 4 is 33.6 Å². The van der Waals surface area contributed by atoms with Gasteiger partial charge in [-0.15, -0.1) is 0 Å². The van der Waals surface area contributed by atoms with E-state index >= 15 is 0 Å². The monoisotopic (exact) mass is 1730 g/mol. The molecule has 0 aromatic rings. The molecule has 0 bridgehead atoms. The van der Waals surface area contributed by atoms with E-state index in [0.29, 0.717) is 19.3 Å². The number of hydrogen-bond acceptors (Lipinski definition) is 14. The summed E-state index contributed by atoms with van der Waals surface area (Å²) in [5.74, 6) is -1.59.